The third-order valence-corrected chi connectivity index (χ3v) is 3.01. The van der Waals surface area contributed by atoms with E-state index in [-0.39, 0.29) is 0 Å². The summed E-state index contributed by atoms with van der Waals surface area (Å²) in [5.41, 5.74) is 1.53. The van der Waals surface area contributed by atoms with Crippen LogP contribution in [0.3, 0.4) is 0 Å². The maximum atomic E-state index is 13.6. The molecule has 0 radical (unpaired) electrons. The van der Waals surface area contributed by atoms with Gasteiger partial charge < -0.3 is 0 Å². The third-order valence-electron chi connectivity index (χ3n) is 2.54. The van der Waals surface area contributed by atoms with E-state index in [0.717, 1.165) is 0 Å². The summed E-state index contributed by atoms with van der Waals surface area (Å²) in [5, 5.41) is 9.84. The third kappa shape index (κ3) is 3.35. The van der Waals surface area contributed by atoms with Gasteiger partial charge in [0, 0.05) is 15.6 Å². The lowest BCUT2D eigenvalue weighted by atomic mass is 10.1. The quantitative estimate of drug-likeness (QED) is 0.700. The molecule has 0 aromatic heterocycles. The van der Waals surface area contributed by atoms with Crippen LogP contribution in [0.5, 0.6) is 0 Å². The van der Waals surface area contributed by atoms with E-state index < -0.39 is 5.82 Å². The average molecular weight is 292 g/mol. The van der Waals surface area contributed by atoms with Crippen LogP contribution in [0.15, 0.2) is 36.4 Å². The molecular formula is C15H8Cl2FN. The molecule has 0 heterocycles. The second-order valence-electron chi connectivity index (χ2n) is 3.84. The van der Waals surface area contributed by atoms with Gasteiger partial charge in [-0.1, -0.05) is 47.5 Å². The van der Waals surface area contributed by atoms with E-state index in [2.05, 4.69) is 0 Å². The fourth-order valence-electron chi connectivity index (χ4n) is 1.59. The first-order valence-corrected chi connectivity index (χ1v) is 6.18. The van der Waals surface area contributed by atoms with Gasteiger partial charge in [0.1, 0.15) is 5.82 Å². The molecule has 0 fully saturated rings. The first-order chi connectivity index (χ1) is 9.10. The predicted molar refractivity (Wildman–Crippen MR) is 76.5 cm³/mol. The Morgan fingerprint density at radius 1 is 0.947 bits per heavy atom. The average Bonchev–Trinajstić information content (AvgIpc) is 2.39. The molecule has 4 heteroatoms. The van der Waals surface area contributed by atoms with Crippen molar-refractivity contribution < 1.29 is 4.39 Å². The number of hydrogen-bond acceptors (Lipinski definition) is 1. The molecule has 0 aliphatic heterocycles. The highest BCUT2D eigenvalue weighted by Gasteiger charge is 2.02. The lowest BCUT2D eigenvalue weighted by Gasteiger charge is -2.00. The van der Waals surface area contributed by atoms with Crippen LogP contribution in [0, 0.1) is 17.1 Å². The standard InChI is InChI=1S/C15H8Cl2FN/c16-13-5-3-10(12(7-13)9-19)1-2-11-4-6-14(17)8-15(11)18/h1-8H. The Balaban J connectivity index is 2.35. The van der Waals surface area contributed by atoms with Gasteiger partial charge in [0.05, 0.1) is 11.6 Å². The molecule has 0 aliphatic carbocycles. The summed E-state index contributed by atoms with van der Waals surface area (Å²) in [6.07, 6.45) is 3.26. The van der Waals surface area contributed by atoms with E-state index in [9.17, 15) is 4.39 Å². The molecule has 0 atom stereocenters. The number of rotatable bonds is 2. The highest BCUT2D eigenvalue weighted by molar-refractivity contribution is 6.31. The van der Waals surface area contributed by atoms with Crippen molar-refractivity contribution in [1.82, 2.24) is 0 Å². The molecule has 2 aromatic rings. The van der Waals surface area contributed by atoms with Gasteiger partial charge in [-0.15, -0.1) is 0 Å². The van der Waals surface area contributed by atoms with Crippen LogP contribution in [0.2, 0.25) is 10.0 Å². The van der Waals surface area contributed by atoms with E-state index in [1.165, 1.54) is 6.07 Å². The Hall–Kier alpha value is -1.82. The first-order valence-electron chi connectivity index (χ1n) is 5.43. The normalized spacial score (nSPS) is 10.6. The van der Waals surface area contributed by atoms with E-state index >= 15 is 0 Å². The molecule has 0 aliphatic rings. The molecule has 0 amide bonds. The van der Waals surface area contributed by atoms with Crippen molar-refractivity contribution in [1.29, 1.82) is 5.26 Å². The number of hydrogen-bond donors (Lipinski definition) is 0. The van der Waals surface area contributed by atoms with Gasteiger partial charge in [0.2, 0.25) is 0 Å². The van der Waals surface area contributed by atoms with Crippen LogP contribution >= 0.6 is 23.2 Å². The van der Waals surface area contributed by atoms with Crippen LogP contribution in [-0.2, 0) is 0 Å². The molecule has 2 aromatic carbocycles. The fourth-order valence-corrected chi connectivity index (χ4v) is 1.92. The minimum atomic E-state index is -0.406. The summed E-state index contributed by atoms with van der Waals surface area (Å²) in [6, 6.07) is 11.4. The Morgan fingerprint density at radius 3 is 2.16 bits per heavy atom. The topological polar surface area (TPSA) is 23.8 Å². The number of benzene rings is 2. The van der Waals surface area contributed by atoms with E-state index in [4.69, 9.17) is 28.5 Å². The minimum absolute atomic E-state index is 0.346. The van der Waals surface area contributed by atoms with Gasteiger partial charge in [-0.05, 0) is 29.8 Å². The van der Waals surface area contributed by atoms with Crippen molar-refractivity contribution in [3.63, 3.8) is 0 Å². The van der Waals surface area contributed by atoms with Gasteiger partial charge in [-0.2, -0.15) is 5.26 Å². The van der Waals surface area contributed by atoms with Gasteiger partial charge in [0.25, 0.3) is 0 Å². The summed E-state index contributed by atoms with van der Waals surface area (Å²) in [7, 11) is 0. The summed E-state index contributed by atoms with van der Waals surface area (Å²) in [4.78, 5) is 0. The zero-order valence-electron chi connectivity index (χ0n) is 9.70. The monoisotopic (exact) mass is 291 g/mol. The number of nitriles is 1. The molecule has 0 N–H and O–H groups in total. The van der Waals surface area contributed by atoms with Crippen LogP contribution in [-0.4, -0.2) is 0 Å². The van der Waals surface area contributed by atoms with E-state index in [1.54, 1.807) is 42.5 Å². The lowest BCUT2D eigenvalue weighted by Crippen LogP contribution is -1.83. The highest BCUT2D eigenvalue weighted by Crippen LogP contribution is 2.20. The highest BCUT2D eigenvalue weighted by atomic mass is 35.5. The van der Waals surface area contributed by atoms with Crippen molar-refractivity contribution in [2.24, 2.45) is 0 Å². The zero-order chi connectivity index (χ0) is 13.8. The van der Waals surface area contributed by atoms with Crippen LogP contribution in [0.4, 0.5) is 4.39 Å². The molecular weight excluding hydrogens is 284 g/mol. The van der Waals surface area contributed by atoms with Crippen molar-refractivity contribution in [2.75, 3.05) is 0 Å². The maximum Gasteiger partial charge on any atom is 0.131 e. The smallest absolute Gasteiger partial charge is 0.131 e. The van der Waals surface area contributed by atoms with Gasteiger partial charge >= 0.3 is 0 Å². The summed E-state index contributed by atoms with van der Waals surface area (Å²) >= 11 is 11.5. The van der Waals surface area contributed by atoms with Crippen molar-refractivity contribution >= 4 is 35.4 Å². The van der Waals surface area contributed by atoms with Gasteiger partial charge in [0.15, 0.2) is 0 Å². The SMILES string of the molecule is N#Cc1cc(Cl)ccc1C=Cc1ccc(Cl)cc1F. The molecule has 0 unspecified atom stereocenters. The summed E-state index contributed by atoms with van der Waals surface area (Å²) in [5.74, 6) is -0.406. The minimum Gasteiger partial charge on any atom is -0.206 e. The van der Waals surface area contributed by atoms with Crippen LogP contribution in [0.1, 0.15) is 16.7 Å². The van der Waals surface area contributed by atoms with E-state index in [1.807, 2.05) is 6.07 Å². The second kappa shape index (κ2) is 5.88. The van der Waals surface area contributed by atoms with Gasteiger partial charge in [-0.25, -0.2) is 4.39 Å². The molecule has 1 nitrogen and oxygen atoms in total. The Kier molecular flexibility index (Phi) is 4.21. The fraction of sp³-hybridized carbons (Fsp3) is 0. The van der Waals surface area contributed by atoms with Crippen molar-refractivity contribution in [3.8, 4) is 6.07 Å². The van der Waals surface area contributed by atoms with Crippen LogP contribution < -0.4 is 0 Å². The molecule has 19 heavy (non-hydrogen) atoms. The summed E-state index contributed by atoms with van der Waals surface area (Å²) in [6.45, 7) is 0. The molecule has 0 bridgehead atoms. The second-order valence-corrected chi connectivity index (χ2v) is 4.72. The number of nitrogens with zero attached hydrogens (tertiary/aromatic N) is 1. The molecule has 94 valence electrons. The van der Waals surface area contributed by atoms with Gasteiger partial charge in [-0.3, -0.25) is 0 Å². The molecule has 0 saturated heterocycles. The maximum absolute atomic E-state index is 13.6. The molecule has 0 saturated carbocycles. The lowest BCUT2D eigenvalue weighted by molar-refractivity contribution is 0.625. The zero-order valence-corrected chi connectivity index (χ0v) is 11.2. The summed E-state index contributed by atoms with van der Waals surface area (Å²) < 4.78 is 13.6. The largest absolute Gasteiger partial charge is 0.206 e. The number of halogens is 3. The molecule has 2 rings (SSSR count). The first kappa shape index (κ1) is 13.6. The van der Waals surface area contributed by atoms with Crippen LogP contribution in [0.25, 0.3) is 12.2 Å². The molecule has 0 spiro atoms. The Labute approximate surface area is 120 Å². The Bertz CT molecular complexity index is 687. The predicted octanol–water partition coefficient (Wildman–Crippen LogP) is 5.17. The van der Waals surface area contributed by atoms with E-state index in [0.29, 0.717) is 26.7 Å². The van der Waals surface area contributed by atoms with Crippen molar-refractivity contribution in [2.45, 2.75) is 0 Å². The Morgan fingerprint density at radius 2 is 1.53 bits per heavy atom. The van der Waals surface area contributed by atoms with Crippen molar-refractivity contribution in [3.05, 3.63) is 69.0 Å².